The van der Waals surface area contributed by atoms with Crippen LogP contribution in [0.1, 0.15) is 16.2 Å². The average Bonchev–Trinajstić information content (AvgIpc) is 2.84. The molecule has 0 radical (unpaired) electrons. The molecule has 1 aromatic heterocycles. The minimum atomic E-state index is -0.541. The molecular weight excluding hydrogens is 342 g/mol. The van der Waals surface area contributed by atoms with Crippen LogP contribution in [0.25, 0.3) is 0 Å². The van der Waals surface area contributed by atoms with Crippen LogP contribution in [0.2, 0.25) is 0 Å². The van der Waals surface area contributed by atoms with Gasteiger partial charge in [0.15, 0.2) is 5.82 Å². The third-order valence-corrected chi connectivity index (χ3v) is 3.38. The van der Waals surface area contributed by atoms with Crippen molar-refractivity contribution in [3.05, 3.63) is 50.5 Å². The fourth-order valence-electron chi connectivity index (χ4n) is 1.68. The lowest BCUT2D eigenvalue weighted by Crippen LogP contribution is -2.26. The Kier molecular flexibility index (Phi) is 4.63. The van der Waals surface area contributed by atoms with E-state index < -0.39 is 4.92 Å². The summed E-state index contributed by atoms with van der Waals surface area (Å²) < 4.78 is 2.08. The van der Waals surface area contributed by atoms with E-state index in [-0.39, 0.29) is 17.2 Å². The molecule has 8 nitrogen and oxygen atoms in total. The summed E-state index contributed by atoms with van der Waals surface area (Å²) in [6.45, 7) is 0.345. The average molecular weight is 354 g/mol. The summed E-state index contributed by atoms with van der Waals surface area (Å²) in [7, 11) is 1.76. The van der Waals surface area contributed by atoms with Crippen molar-refractivity contribution in [1.29, 1.82) is 0 Å². The van der Waals surface area contributed by atoms with E-state index in [1.165, 1.54) is 18.2 Å². The summed E-state index contributed by atoms with van der Waals surface area (Å²) in [4.78, 5) is 26.3. The van der Waals surface area contributed by atoms with Gasteiger partial charge in [-0.05, 0) is 22.0 Å². The first-order chi connectivity index (χ1) is 9.97. The summed E-state index contributed by atoms with van der Waals surface area (Å²) in [5.74, 6) is 0.234. The SMILES string of the molecule is Cn1cnc(CCNC(=O)c2cc([N+](=O)[O-])ccc2Br)n1. The molecule has 0 aliphatic heterocycles. The smallest absolute Gasteiger partial charge is 0.270 e. The van der Waals surface area contributed by atoms with Gasteiger partial charge < -0.3 is 5.32 Å². The maximum atomic E-state index is 12.0. The van der Waals surface area contributed by atoms with Crippen LogP contribution in [0, 0.1) is 10.1 Å². The third-order valence-electron chi connectivity index (χ3n) is 2.69. The van der Waals surface area contributed by atoms with Crippen LogP contribution in [0.15, 0.2) is 29.0 Å². The predicted molar refractivity (Wildman–Crippen MR) is 77.8 cm³/mol. The van der Waals surface area contributed by atoms with Crippen molar-refractivity contribution >= 4 is 27.5 Å². The number of benzene rings is 1. The maximum Gasteiger partial charge on any atom is 0.270 e. The lowest BCUT2D eigenvalue weighted by atomic mass is 10.2. The first-order valence-corrected chi connectivity index (χ1v) is 6.83. The number of non-ortho nitro benzene ring substituents is 1. The first kappa shape index (κ1) is 15.1. The van der Waals surface area contributed by atoms with Gasteiger partial charge in [0.05, 0.1) is 10.5 Å². The van der Waals surface area contributed by atoms with Gasteiger partial charge in [0.25, 0.3) is 11.6 Å². The van der Waals surface area contributed by atoms with E-state index in [1.807, 2.05) is 0 Å². The predicted octanol–water partition coefficient (Wildman–Crippen LogP) is 1.46. The Morgan fingerprint density at radius 2 is 2.29 bits per heavy atom. The molecule has 1 heterocycles. The first-order valence-electron chi connectivity index (χ1n) is 6.04. The van der Waals surface area contributed by atoms with Crippen molar-refractivity contribution in [3.63, 3.8) is 0 Å². The largest absolute Gasteiger partial charge is 0.352 e. The lowest BCUT2D eigenvalue weighted by molar-refractivity contribution is -0.384. The maximum absolute atomic E-state index is 12.0. The quantitative estimate of drug-likeness (QED) is 0.647. The second-order valence-corrected chi connectivity index (χ2v) is 5.12. The zero-order valence-corrected chi connectivity index (χ0v) is 12.7. The molecule has 0 aliphatic rings. The molecule has 0 bridgehead atoms. The van der Waals surface area contributed by atoms with Crippen molar-refractivity contribution in [2.24, 2.45) is 7.05 Å². The second kappa shape index (κ2) is 6.44. The number of aryl methyl sites for hydroxylation is 1. The molecule has 2 rings (SSSR count). The van der Waals surface area contributed by atoms with Crippen LogP contribution >= 0.6 is 15.9 Å². The van der Waals surface area contributed by atoms with Crippen LogP contribution < -0.4 is 5.32 Å². The molecule has 2 aromatic rings. The molecule has 0 fully saturated rings. The van der Waals surface area contributed by atoms with E-state index in [2.05, 4.69) is 31.3 Å². The second-order valence-electron chi connectivity index (χ2n) is 4.26. The number of hydrogen-bond acceptors (Lipinski definition) is 5. The number of nitro benzene ring substituents is 1. The highest BCUT2D eigenvalue weighted by molar-refractivity contribution is 9.10. The number of carbonyl (C=O) groups is 1. The minimum absolute atomic E-state index is 0.130. The number of aromatic nitrogens is 3. The zero-order chi connectivity index (χ0) is 15.4. The molecule has 1 amide bonds. The molecule has 0 spiro atoms. The molecule has 0 unspecified atom stereocenters. The fourth-order valence-corrected chi connectivity index (χ4v) is 2.11. The summed E-state index contributed by atoms with van der Waals surface area (Å²) in [6, 6.07) is 4.05. The van der Waals surface area contributed by atoms with Gasteiger partial charge in [-0.25, -0.2) is 4.98 Å². The van der Waals surface area contributed by atoms with Crippen molar-refractivity contribution < 1.29 is 9.72 Å². The molecule has 0 aliphatic carbocycles. The van der Waals surface area contributed by atoms with Gasteiger partial charge >= 0.3 is 0 Å². The summed E-state index contributed by atoms with van der Waals surface area (Å²) in [6.07, 6.45) is 2.06. The number of halogens is 1. The number of nitro groups is 1. The molecule has 1 aromatic carbocycles. The van der Waals surface area contributed by atoms with Crippen LogP contribution in [0.4, 0.5) is 5.69 Å². The Bertz CT molecular complexity index is 685. The van der Waals surface area contributed by atoms with Gasteiger partial charge in [0, 0.05) is 36.6 Å². The van der Waals surface area contributed by atoms with E-state index in [4.69, 9.17) is 0 Å². The monoisotopic (exact) mass is 353 g/mol. The van der Waals surface area contributed by atoms with Crippen molar-refractivity contribution in [2.75, 3.05) is 6.54 Å². The van der Waals surface area contributed by atoms with Crippen molar-refractivity contribution in [2.45, 2.75) is 6.42 Å². The van der Waals surface area contributed by atoms with Gasteiger partial charge in [-0.15, -0.1) is 0 Å². The van der Waals surface area contributed by atoms with Crippen molar-refractivity contribution in [1.82, 2.24) is 20.1 Å². The Morgan fingerprint density at radius 1 is 1.52 bits per heavy atom. The molecule has 0 atom stereocenters. The van der Waals surface area contributed by atoms with Crippen LogP contribution in [-0.4, -0.2) is 32.1 Å². The zero-order valence-electron chi connectivity index (χ0n) is 11.1. The summed E-state index contributed by atoms with van der Waals surface area (Å²) >= 11 is 3.21. The highest BCUT2D eigenvalue weighted by Crippen LogP contribution is 2.22. The number of nitrogens with zero attached hydrogens (tertiary/aromatic N) is 4. The number of amides is 1. The van der Waals surface area contributed by atoms with Gasteiger partial charge in [0.2, 0.25) is 0 Å². The third kappa shape index (κ3) is 3.85. The topological polar surface area (TPSA) is 103 Å². The summed E-state index contributed by atoms with van der Waals surface area (Å²) in [5, 5.41) is 17.5. The number of nitrogens with one attached hydrogen (secondary N) is 1. The number of hydrogen-bond donors (Lipinski definition) is 1. The molecule has 0 saturated carbocycles. The summed E-state index contributed by atoms with van der Waals surface area (Å²) in [5.41, 5.74) is 0.0907. The number of rotatable bonds is 5. The van der Waals surface area contributed by atoms with E-state index in [9.17, 15) is 14.9 Å². The fraction of sp³-hybridized carbons (Fsp3) is 0.250. The highest BCUT2D eigenvalue weighted by Gasteiger charge is 2.15. The molecule has 0 saturated heterocycles. The lowest BCUT2D eigenvalue weighted by Gasteiger charge is -2.05. The minimum Gasteiger partial charge on any atom is -0.352 e. The van der Waals surface area contributed by atoms with E-state index in [0.29, 0.717) is 23.3 Å². The van der Waals surface area contributed by atoms with Gasteiger partial charge in [-0.3, -0.25) is 19.6 Å². The van der Waals surface area contributed by atoms with E-state index in [1.54, 1.807) is 18.1 Å². The Labute approximate surface area is 128 Å². The Hall–Kier alpha value is -2.29. The standard InChI is InChI=1S/C12H12BrN5O3/c1-17-7-15-11(16-17)4-5-14-12(19)9-6-8(18(20)21)2-3-10(9)13/h2-3,6-7H,4-5H2,1H3,(H,14,19). The van der Waals surface area contributed by atoms with Gasteiger partial charge in [-0.1, -0.05) is 0 Å². The van der Waals surface area contributed by atoms with Gasteiger partial charge in [0.1, 0.15) is 6.33 Å². The highest BCUT2D eigenvalue weighted by atomic mass is 79.9. The van der Waals surface area contributed by atoms with E-state index in [0.717, 1.165) is 0 Å². The van der Waals surface area contributed by atoms with Crippen LogP contribution in [-0.2, 0) is 13.5 Å². The molecule has 21 heavy (non-hydrogen) atoms. The van der Waals surface area contributed by atoms with Gasteiger partial charge in [-0.2, -0.15) is 5.10 Å². The van der Waals surface area contributed by atoms with Crippen LogP contribution in [0.3, 0.4) is 0 Å². The molecular formula is C12H12BrN5O3. The Balaban J connectivity index is 1.99. The van der Waals surface area contributed by atoms with Crippen molar-refractivity contribution in [3.8, 4) is 0 Å². The normalized spacial score (nSPS) is 10.4. The van der Waals surface area contributed by atoms with Crippen LogP contribution in [0.5, 0.6) is 0 Å². The molecule has 9 heteroatoms. The molecule has 110 valence electrons. The number of carbonyl (C=O) groups excluding carboxylic acids is 1. The Morgan fingerprint density at radius 3 is 2.90 bits per heavy atom. The molecule has 1 N–H and O–H groups in total. The van der Waals surface area contributed by atoms with E-state index >= 15 is 0 Å².